The molecule has 5 unspecified atom stereocenters. The van der Waals surface area contributed by atoms with Gasteiger partial charge in [-0.25, -0.2) is 0 Å². The largest absolute Gasteiger partial charge is 0.465 e. The molecule has 3 heteroatoms. The number of allylic oxidation sites excluding steroid dienone is 1. The summed E-state index contributed by atoms with van der Waals surface area (Å²) < 4.78 is 5.92. The molecule has 0 radical (unpaired) electrons. The molecular formula is C22H31NO2. The minimum Gasteiger partial charge on any atom is -0.465 e. The van der Waals surface area contributed by atoms with Crippen molar-refractivity contribution in [3.05, 3.63) is 11.6 Å². The Bertz CT molecular complexity index is 656. The fourth-order valence-corrected chi connectivity index (χ4v) is 8.75. The molecule has 3 nitrogen and oxygen atoms in total. The SMILES string of the molecule is C[C@@H]1CN2CC3CC[C@H]4CCC=C4C45CCC(=O)OCC34CCC1C25. The molecule has 4 bridgehead atoms. The summed E-state index contributed by atoms with van der Waals surface area (Å²) in [5, 5.41) is 0. The molecule has 2 saturated carbocycles. The van der Waals surface area contributed by atoms with Crippen molar-refractivity contribution in [2.24, 2.45) is 34.5 Å². The second-order valence-corrected chi connectivity index (χ2v) is 10.1. The van der Waals surface area contributed by atoms with Crippen LogP contribution in [0.4, 0.5) is 0 Å². The molecule has 6 aliphatic rings. The van der Waals surface area contributed by atoms with Gasteiger partial charge < -0.3 is 4.74 Å². The number of cyclic esters (lactones) is 1. The molecule has 7 atom stereocenters. The van der Waals surface area contributed by atoms with E-state index in [1.807, 2.05) is 0 Å². The molecule has 0 aromatic carbocycles. The van der Waals surface area contributed by atoms with Crippen molar-refractivity contribution < 1.29 is 9.53 Å². The van der Waals surface area contributed by atoms with E-state index in [9.17, 15) is 4.79 Å². The monoisotopic (exact) mass is 341 g/mol. The Balaban J connectivity index is 1.62. The standard InChI is InChI=1S/C22H31NO2/c1-14-11-23-12-16-6-5-15-3-2-4-18(15)22-10-8-19(24)25-13-21(16,22)9-7-17(14)20(22)23/h4,14-17,20H,2-3,5-13H2,1H3/t14-,15-,16?,17?,20?,21?,22?/m1/s1. The molecule has 0 N–H and O–H groups in total. The van der Waals surface area contributed by atoms with Crippen LogP contribution in [-0.4, -0.2) is 36.6 Å². The maximum atomic E-state index is 12.4. The Labute approximate surface area is 151 Å². The van der Waals surface area contributed by atoms with Crippen LogP contribution in [0.1, 0.15) is 58.3 Å². The lowest BCUT2D eigenvalue weighted by Gasteiger charge is -2.66. The van der Waals surface area contributed by atoms with E-state index in [-0.39, 0.29) is 16.8 Å². The Morgan fingerprint density at radius 2 is 2.08 bits per heavy atom. The summed E-state index contributed by atoms with van der Waals surface area (Å²) in [6, 6.07) is 0.687. The van der Waals surface area contributed by atoms with Gasteiger partial charge in [0.1, 0.15) is 0 Å². The van der Waals surface area contributed by atoms with Gasteiger partial charge in [0.15, 0.2) is 0 Å². The zero-order valence-electron chi connectivity index (χ0n) is 15.5. The maximum absolute atomic E-state index is 12.4. The van der Waals surface area contributed by atoms with Crippen LogP contribution in [0.2, 0.25) is 0 Å². The quantitative estimate of drug-likeness (QED) is 0.496. The fourth-order valence-electron chi connectivity index (χ4n) is 8.75. The summed E-state index contributed by atoms with van der Waals surface area (Å²) in [4.78, 5) is 15.2. The predicted octanol–water partition coefficient (Wildman–Crippen LogP) is 3.79. The molecule has 5 fully saturated rings. The van der Waals surface area contributed by atoms with Crippen molar-refractivity contribution in [2.75, 3.05) is 19.7 Å². The van der Waals surface area contributed by atoms with Crippen LogP contribution in [0.3, 0.4) is 0 Å². The average Bonchev–Trinajstić information content (AvgIpc) is 3.14. The van der Waals surface area contributed by atoms with Gasteiger partial charge in [-0.3, -0.25) is 9.69 Å². The van der Waals surface area contributed by atoms with E-state index in [0.29, 0.717) is 19.1 Å². The Morgan fingerprint density at radius 3 is 3.00 bits per heavy atom. The molecular weight excluding hydrogens is 310 g/mol. The molecule has 0 aromatic rings. The Morgan fingerprint density at radius 1 is 1.16 bits per heavy atom. The van der Waals surface area contributed by atoms with E-state index in [1.165, 1.54) is 51.6 Å². The summed E-state index contributed by atoms with van der Waals surface area (Å²) in [5.74, 6) is 3.25. The van der Waals surface area contributed by atoms with Crippen molar-refractivity contribution in [1.82, 2.24) is 4.90 Å². The molecule has 3 aliphatic carbocycles. The molecule has 6 rings (SSSR count). The second kappa shape index (κ2) is 4.91. The molecule has 3 saturated heterocycles. The lowest BCUT2D eigenvalue weighted by molar-refractivity contribution is -0.174. The zero-order valence-corrected chi connectivity index (χ0v) is 15.5. The van der Waals surface area contributed by atoms with E-state index in [2.05, 4.69) is 17.9 Å². The third-order valence-corrected chi connectivity index (χ3v) is 9.52. The van der Waals surface area contributed by atoms with E-state index >= 15 is 0 Å². The summed E-state index contributed by atoms with van der Waals surface area (Å²) in [5.41, 5.74) is 2.28. The highest BCUT2D eigenvalue weighted by molar-refractivity contribution is 5.70. The molecule has 0 spiro atoms. The number of rotatable bonds is 0. The highest BCUT2D eigenvalue weighted by Crippen LogP contribution is 2.73. The van der Waals surface area contributed by atoms with Gasteiger partial charge in [0.05, 0.1) is 6.61 Å². The number of hydrogen-bond acceptors (Lipinski definition) is 3. The number of hydrogen-bond donors (Lipinski definition) is 0. The van der Waals surface area contributed by atoms with Gasteiger partial charge in [0.2, 0.25) is 0 Å². The highest BCUT2D eigenvalue weighted by atomic mass is 16.5. The van der Waals surface area contributed by atoms with Crippen molar-refractivity contribution in [3.63, 3.8) is 0 Å². The summed E-state index contributed by atoms with van der Waals surface area (Å²) in [6.45, 7) is 5.76. The Kier molecular flexibility index (Phi) is 2.99. The van der Waals surface area contributed by atoms with Crippen molar-refractivity contribution in [2.45, 2.75) is 64.3 Å². The molecule has 3 aliphatic heterocycles. The van der Waals surface area contributed by atoms with Crippen LogP contribution in [0.5, 0.6) is 0 Å². The first-order chi connectivity index (χ1) is 12.2. The van der Waals surface area contributed by atoms with Crippen molar-refractivity contribution in [1.29, 1.82) is 0 Å². The van der Waals surface area contributed by atoms with E-state index in [0.717, 1.165) is 30.1 Å². The highest BCUT2D eigenvalue weighted by Gasteiger charge is 2.72. The molecule has 25 heavy (non-hydrogen) atoms. The lowest BCUT2D eigenvalue weighted by Crippen LogP contribution is -2.68. The normalized spacial score (nSPS) is 54.0. The summed E-state index contributed by atoms with van der Waals surface area (Å²) >= 11 is 0. The van der Waals surface area contributed by atoms with Crippen LogP contribution in [0.15, 0.2) is 11.6 Å². The number of esters is 1. The lowest BCUT2D eigenvalue weighted by atomic mass is 9.42. The topological polar surface area (TPSA) is 29.5 Å². The maximum Gasteiger partial charge on any atom is 0.305 e. The van der Waals surface area contributed by atoms with Crippen LogP contribution >= 0.6 is 0 Å². The summed E-state index contributed by atoms with van der Waals surface area (Å²) in [7, 11) is 0. The fraction of sp³-hybridized carbons (Fsp3) is 0.864. The third kappa shape index (κ3) is 1.66. The number of carbonyl (C=O) groups is 1. The van der Waals surface area contributed by atoms with Gasteiger partial charge >= 0.3 is 5.97 Å². The van der Waals surface area contributed by atoms with Gasteiger partial charge in [0.25, 0.3) is 0 Å². The third-order valence-electron chi connectivity index (χ3n) is 9.52. The first-order valence-corrected chi connectivity index (χ1v) is 10.8. The van der Waals surface area contributed by atoms with E-state index in [1.54, 1.807) is 5.57 Å². The van der Waals surface area contributed by atoms with Gasteiger partial charge in [-0.05, 0) is 68.6 Å². The smallest absolute Gasteiger partial charge is 0.305 e. The van der Waals surface area contributed by atoms with E-state index < -0.39 is 0 Å². The first kappa shape index (κ1) is 15.2. The van der Waals surface area contributed by atoms with Crippen molar-refractivity contribution >= 4 is 5.97 Å². The zero-order chi connectivity index (χ0) is 16.8. The minimum atomic E-state index is 0.0682. The van der Waals surface area contributed by atoms with Gasteiger partial charge in [0, 0.05) is 36.4 Å². The van der Waals surface area contributed by atoms with Gasteiger partial charge in [-0.1, -0.05) is 18.6 Å². The van der Waals surface area contributed by atoms with Crippen molar-refractivity contribution in [3.8, 4) is 0 Å². The second-order valence-electron chi connectivity index (χ2n) is 10.1. The first-order valence-electron chi connectivity index (χ1n) is 10.8. The van der Waals surface area contributed by atoms with Gasteiger partial charge in [-0.15, -0.1) is 0 Å². The summed E-state index contributed by atoms with van der Waals surface area (Å²) in [6.07, 6.45) is 12.4. The van der Waals surface area contributed by atoms with Crippen LogP contribution < -0.4 is 0 Å². The van der Waals surface area contributed by atoms with E-state index in [4.69, 9.17) is 4.74 Å². The molecule has 0 amide bonds. The van der Waals surface area contributed by atoms with Crippen LogP contribution in [0, 0.1) is 34.5 Å². The average molecular weight is 341 g/mol. The number of nitrogens with zero attached hydrogens (tertiary/aromatic N) is 1. The predicted molar refractivity (Wildman–Crippen MR) is 95.8 cm³/mol. The Hall–Kier alpha value is -0.830. The molecule has 136 valence electrons. The van der Waals surface area contributed by atoms with Crippen LogP contribution in [0.25, 0.3) is 0 Å². The number of ether oxygens (including phenoxy) is 1. The minimum absolute atomic E-state index is 0.0682. The number of piperidine rings is 1. The molecule has 3 heterocycles. The number of carbonyl (C=O) groups excluding carboxylic acids is 1. The van der Waals surface area contributed by atoms with Crippen LogP contribution in [-0.2, 0) is 9.53 Å². The van der Waals surface area contributed by atoms with Gasteiger partial charge in [-0.2, -0.15) is 0 Å². The number of fused-ring (bicyclic) bond motifs is 1. The molecule has 0 aromatic heterocycles.